The van der Waals surface area contributed by atoms with E-state index in [1.54, 1.807) is 18.6 Å². The van der Waals surface area contributed by atoms with Gasteiger partial charge in [0.2, 0.25) is 0 Å². The molecule has 2 unspecified atom stereocenters. The molecule has 2 aliphatic rings. The van der Waals surface area contributed by atoms with Crippen LogP contribution in [-0.4, -0.2) is 39.2 Å². The molecular weight excluding hydrogens is 426 g/mol. The molecule has 3 aromatic heterocycles. The first-order valence-electron chi connectivity index (χ1n) is 10.5. The molecule has 5 rings (SSSR count). The van der Waals surface area contributed by atoms with Gasteiger partial charge in [-0.05, 0) is 55.2 Å². The number of nitrogen functional groups attached to an aromatic ring is 1. The average molecular weight is 447 g/mol. The van der Waals surface area contributed by atoms with E-state index < -0.39 is 24.5 Å². The van der Waals surface area contributed by atoms with Crippen LogP contribution >= 0.6 is 0 Å². The third kappa shape index (κ3) is 4.02. The number of nitrogens with two attached hydrogens (primary N) is 1. The molecule has 3 aromatic rings. The lowest BCUT2D eigenvalue weighted by atomic mass is 9.79. The largest absolute Gasteiger partial charge is 0.467 e. The van der Waals surface area contributed by atoms with Gasteiger partial charge in [0.25, 0.3) is 5.91 Å². The zero-order valence-corrected chi connectivity index (χ0v) is 17.6. The number of rotatable bonds is 5. The second-order valence-electron chi connectivity index (χ2n) is 7.73. The number of allylic oxidation sites excluding steroid dienone is 1. The Bertz CT molecular complexity index is 1220. The van der Waals surface area contributed by atoms with E-state index in [0.717, 1.165) is 36.3 Å². The third-order valence-corrected chi connectivity index (χ3v) is 5.70. The summed E-state index contributed by atoms with van der Waals surface area (Å²) in [7, 11) is 0. The van der Waals surface area contributed by atoms with Crippen LogP contribution in [0.1, 0.15) is 47.3 Å². The van der Waals surface area contributed by atoms with Crippen molar-refractivity contribution in [2.75, 3.05) is 12.3 Å². The smallest absolute Gasteiger partial charge is 0.361 e. The van der Waals surface area contributed by atoms with Gasteiger partial charge in [-0.2, -0.15) is 5.10 Å². The van der Waals surface area contributed by atoms with Crippen LogP contribution in [-0.2, 0) is 9.53 Å². The van der Waals surface area contributed by atoms with Gasteiger partial charge in [-0.1, -0.05) is 0 Å². The lowest BCUT2D eigenvalue weighted by Gasteiger charge is -2.27. The van der Waals surface area contributed by atoms with Crippen molar-refractivity contribution in [1.29, 1.82) is 0 Å². The van der Waals surface area contributed by atoms with Crippen molar-refractivity contribution in [2.24, 2.45) is 11.0 Å². The molecule has 0 bridgehead atoms. The monoisotopic (exact) mass is 447 g/mol. The van der Waals surface area contributed by atoms with Crippen molar-refractivity contribution in [3.05, 3.63) is 72.0 Å². The van der Waals surface area contributed by atoms with Crippen LogP contribution in [0.5, 0.6) is 0 Å². The predicted molar refractivity (Wildman–Crippen MR) is 116 cm³/mol. The van der Waals surface area contributed by atoms with Crippen LogP contribution in [0.3, 0.4) is 0 Å². The summed E-state index contributed by atoms with van der Waals surface area (Å²) < 4.78 is 16.3. The summed E-state index contributed by atoms with van der Waals surface area (Å²) in [4.78, 5) is 33.1. The highest BCUT2D eigenvalue weighted by atomic mass is 16.5. The highest BCUT2D eigenvalue weighted by molar-refractivity contribution is 6.08. The average Bonchev–Trinajstić information content (AvgIpc) is 3.58. The minimum atomic E-state index is -0.828. The second kappa shape index (κ2) is 8.73. The highest BCUT2D eigenvalue weighted by Gasteiger charge is 2.45. The summed E-state index contributed by atoms with van der Waals surface area (Å²) in [6, 6.07) is 6.86. The molecule has 10 heteroatoms. The summed E-state index contributed by atoms with van der Waals surface area (Å²) in [6.07, 6.45) is 10.4. The van der Waals surface area contributed by atoms with Crippen LogP contribution in [0.4, 0.5) is 5.82 Å². The number of carbonyl (C=O) groups is 2. The topological polar surface area (TPSA) is 137 Å². The lowest BCUT2D eigenvalue weighted by Crippen LogP contribution is -2.34. The fourth-order valence-corrected chi connectivity index (χ4v) is 4.26. The number of hydrazone groups is 1. The Labute approximate surface area is 188 Å². The van der Waals surface area contributed by atoms with Gasteiger partial charge in [0, 0.05) is 18.3 Å². The molecule has 0 spiro atoms. The van der Waals surface area contributed by atoms with Gasteiger partial charge in [0.1, 0.15) is 17.6 Å². The molecule has 0 saturated heterocycles. The summed E-state index contributed by atoms with van der Waals surface area (Å²) >= 11 is 0. The Hall–Kier alpha value is -4.21. The minimum absolute atomic E-state index is 0.0404. The maximum Gasteiger partial charge on any atom is 0.361 e. The molecule has 10 nitrogen and oxygen atoms in total. The summed E-state index contributed by atoms with van der Waals surface area (Å²) in [6.45, 7) is -0.521. The molecule has 168 valence electrons. The van der Waals surface area contributed by atoms with Crippen molar-refractivity contribution in [2.45, 2.75) is 25.3 Å². The van der Waals surface area contributed by atoms with E-state index >= 15 is 0 Å². The quantitative estimate of drug-likeness (QED) is 0.589. The van der Waals surface area contributed by atoms with Crippen molar-refractivity contribution < 1.29 is 23.2 Å². The molecule has 0 radical (unpaired) electrons. The summed E-state index contributed by atoms with van der Waals surface area (Å²) in [5, 5.41) is 6.02. The number of hydrogen-bond acceptors (Lipinski definition) is 9. The fraction of sp³-hybridized carbons (Fsp3) is 0.261. The molecule has 1 fully saturated rings. The van der Waals surface area contributed by atoms with E-state index in [1.165, 1.54) is 17.4 Å². The Morgan fingerprint density at radius 3 is 2.76 bits per heavy atom. The number of carbonyl (C=O) groups excluding carboxylic acids is 2. The number of furan rings is 2. The van der Waals surface area contributed by atoms with Crippen LogP contribution < -0.4 is 5.73 Å². The minimum Gasteiger partial charge on any atom is -0.467 e. The Morgan fingerprint density at radius 2 is 2.00 bits per heavy atom. The Balaban J connectivity index is 1.40. The van der Waals surface area contributed by atoms with E-state index in [9.17, 15) is 9.59 Å². The van der Waals surface area contributed by atoms with Crippen LogP contribution in [0.25, 0.3) is 6.08 Å². The molecule has 4 heterocycles. The van der Waals surface area contributed by atoms with Crippen molar-refractivity contribution in [3.8, 4) is 0 Å². The maximum absolute atomic E-state index is 13.1. The Morgan fingerprint density at radius 1 is 1.18 bits per heavy atom. The number of amides is 1. The zero-order valence-electron chi connectivity index (χ0n) is 17.6. The molecule has 33 heavy (non-hydrogen) atoms. The number of nitrogens with zero attached hydrogens (tertiary/aromatic N) is 4. The zero-order chi connectivity index (χ0) is 22.8. The number of fused-ring (bicyclic) bond motifs is 1. The summed E-state index contributed by atoms with van der Waals surface area (Å²) in [5.41, 5.74) is 7.36. The number of aromatic nitrogens is 2. The van der Waals surface area contributed by atoms with Gasteiger partial charge in [-0.15, -0.1) is 0 Å². The van der Waals surface area contributed by atoms with Crippen molar-refractivity contribution in [3.63, 3.8) is 0 Å². The van der Waals surface area contributed by atoms with Crippen LogP contribution in [0.15, 0.2) is 68.7 Å². The number of anilines is 1. The van der Waals surface area contributed by atoms with Gasteiger partial charge >= 0.3 is 5.97 Å². The standard InChI is InChI=1S/C23H21N5O5/c24-22-20(25-8-9-26-22)23(30)33-13-18(29)28-21(17-7-3-11-32-17)16-6-1-4-14(19(16)27-28)12-15-5-2-10-31-15/h2-3,5,7-12,16,21H,1,4,6,13H2,(H2,24,26). The SMILES string of the molecule is Nc1nccnc1C(=O)OCC(=O)N1N=C2C(=Cc3ccco3)CCCC2C1c1ccco1. The van der Waals surface area contributed by atoms with Gasteiger partial charge in [-0.3, -0.25) is 4.79 Å². The highest BCUT2D eigenvalue weighted by Crippen LogP contribution is 2.44. The molecule has 0 aromatic carbocycles. The number of esters is 1. The molecule has 1 aliphatic carbocycles. The summed E-state index contributed by atoms with van der Waals surface area (Å²) in [5.74, 6) is -0.0680. The first-order chi connectivity index (χ1) is 16.1. The normalized spacial score (nSPS) is 21.0. The number of hydrogen-bond donors (Lipinski definition) is 1. The molecule has 1 amide bonds. The molecule has 1 aliphatic heterocycles. The van der Waals surface area contributed by atoms with Crippen molar-refractivity contribution >= 4 is 29.5 Å². The van der Waals surface area contributed by atoms with Gasteiger partial charge in [0.15, 0.2) is 18.1 Å². The lowest BCUT2D eigenvalue weighted by molar-refractivity contribution is -0.137. The fourth-order valence-electron chi connectivity index (χ4n) is 4.26. The second-order valence-corrected chi connectivity index (χ2v) is 7.73. The molecular formula is C23H21N5O5. The predicted octanol–water partition coefficient (Wildman–Crippen LogP) is 3.22. The molecule has 2 atom stereocenters. The van der Waals surface area contributed by atoms with E-state index in [1.807, 2.05) is 24.3 Å². The molecule has 1 saturated carbocycles. The van der Waals surface area contributed by atoms with Crippen LogP contribution in [0.2, 0.25) is 0 Å². The first-order valence-corrected chi connectivity index (χ1v) is 10.5. The third-order valence-electron chi connectivity index (χ3n) is 5.70. The van der Waals surface area contributed by atoms with E-state index in [2.05, 4.69) is 15.1 Å². The molecule has 2 N–H and O–H groups in total. The number of ether oxygens (including phenoxy) is 1. The van der Waals surface area contributed by atoms with Crippen molar-refractivity contribution in [1.82, 2.24) is 15.0 Å². The van der Waals surface area contributed by atoms with Gasteiger partial charge < -0.3 is 19.3 Å². The first kappa shape index (κ1) is 20.7. The van der Waals surface area contributed by atoms with E-state index in [0.29, 0.717) is 5.76 Å². The maximum atomic E-state index is 13.1. The van der Waals surface area contributed by atoms with Gasteiger partial charge in [-0.25, -0.2) is 19.8 Å². The van der Waals surface area contributed by atoms with E-state index in [4.69, 9.17) is 19.3 Å². The van der Waals surface area contributed by atoms with Gasteiger partial charge in [0.05, 0.1) is 18.2 Å². The van der Waals surface area contributed by atoms with Crippen LogP contribution in [0, 0.1) is 5.92 Å². The Kier molecular flexibility index (Phi) is 5.47. The van der Waals surface area contributed by atoms with E-state index in [-0.39, 0.29) is 17.4 Å².